The summed E-state index contributed by atoms with van der Waals surface area (Å²) in [6.45, 7) is 3.52. The Hall–Kier alpha value is -6.85. The number of allylic oxidation sites excluding steroid dienone is 1. The van der Waals surface area contributed by atoms with Crippen LogP contribution >= 0.6 is 7.14 Å². The van der Waals surface area contributed by atoms with E-state index in [1.54, 1.807) is 0 Å². The lowest BCUT2D eigenvalue weighted by Gasteiger charge is -2.37. The summed E-state index contributed by atoms with van der Waals surface area (Å²) in [7, 11) is -3.56. The van der Waals surface area contributed by atoms with Crippen LogP contribution in [0.25, 0.3) is 21.7 Å². The van der Waals surface area contributed by atoms with Crippen LogP contribution in [-0.4, -0.2) is 89.5 Å². The summed E-state index contributed by atoms with van der Waals surface area (Å²) < 4.78 is 51.8. The molecule has 8 aromatic carbocycles. The molecule has 8 aromatic rings. The Bertz CT molecular complexity index is 3050. The van der Waals surface area contributed by atoms with Crippen molar-refractivity contribution in [3.8, 4) is 11.5 Å². The van der Waals surface area contributed by atoms with Gasteiger partial charge in [0, 0.05) is 33.0 Å². The second-order valence-corrected chi connectivity index (χ2v) is 20.2. The number of hydrogen-bond acceptors (Lipinski definition) is 10. The van der Waals surface area contributed by atoms with Gasteiger partial charge in [-0.3, -0.25) is 0 Å². The fourth-order valence-corrected chi connectivity index (χ4v) is 13.5. The minimum atomic E-state index is -3.56. The normalized spacial score (nSPS) is 15.3. The molecule has 366 valence electrons. The molecule has 1 aliphatic carbocycles. The smallest absolute Gasteiger partial charge is 0.172 e. The standard InChI is InChI=1S/C61H58NO9P/c63-30-32-66-34-36-68-38-40-70-52-25-20-47(21-26-52)61(48-22-27-53(28-23-48)71-41-39-69-37-35-67-33-31-64)57-44-51(62(49-14-4-1-5-15-49)50-16-6-2-7-17-50)24-29-55(57)60-59(61)56-42-45-12-10-11-13-46(45)43-58(56)72(60,65)54-18-8-3-9-19-54/h1-29,42-44,63-64H,30-41H2. The van der Waals surface area contributed by atoms with Crippen molar-refractivity contribution >= 4 is 56.5 Å². The van der Waals surface area contributed by atoms with E-state index in [9.17, 15) is 0 Å². The number of para-hydroxylation sites is 2. The van der Waals surface area contributed by atoms with Gasteiger partial charge in [-0.15, -0.1) is 0 Å². The number of benzene rings is 8. The third kappa shape index (κ3) is 9.63. The lowest BCUT2D eigenvalue weighted by molar-refractivity contribution is 0.0247. The Balaban J connectivity index is 1.16. The van der Waals surface area contributed by atoms with Crippen LogP contribution in [0.5, 0.6) is 11.5 Å². The molecule has 1 atom stereocenters. The number of fused-ring (bicyclic) bond motifs is 5. The van der Waals surface area contributed by atoms with E-state index in [1.165, 1.54) is 0 Å². The summed E-state index contributed by atoms with van der Waals surface area (Å²) in [5, 5.41) is 22.6. The first-order valence-electron chi connectivity index (χ1n) is 24.5. The van der Waals surface area contributed by atoms with Gasteiger partial charge in [0.15, 0.2) is 7.14 Å². The number of aliphatic hydroxyl groups excluding tert-OH is 2. The summed E-state index contributed by atoms with van der Waals surface area (Å²) in [4.78, 5) is 2.28. The minimum Gasteiger partial charge on any atom is -0.491 e. The Kier molecular flexibility index (Phi) is 15.4. The molecule has 0 bridgehead atoms. The zero-order valence-electron chi connectivity index (χ0n) is 40.1. The van der Waals surface area contributed by atoms with Crippen LogP contribution < -0.4 is 25.0 Å². The predicted octanol–water partition coefficient (Wildman–Crippen LogP) is 10.7. The molecule has 0 radical (unpaired) electrons. The van der Waals surface area contributed by atoms with Crippen LogP contribution in [0.15, 0.2) is 194 Å². The number of anilines is 3. The topological polar surface area (TPSA) is 116 Å². The Labute approximate surface area is 421 Å². The quantitative estimate of drug-likeness (QED) is 0.0448. The first-order chi connectivity index (χ1) is 35.5. The molecule has 1 aliphatic heterocycles. The summed E-state index contributed by atoms with van der Waals surface area (Å²) in [5.41, 5.74) is 7.80. The monoisotopic (exact) mass is 979 g/mol. The molecule has 10 nitrogen and oxygen atoms in total. The lowest BCUT2D eigenvalue weighted by Crippen LogP contribution is -2.30. The van der Waals surface area contributed by atoms with Gasteiger partial charge in [-0.2, -0.15) is 0 Å². The van der Waals surface area contributed by atoms with Crippen LogP contribution in [0.1, 0.15) is 27.8 Å². The van der Waals surface area contributed by atoms with Crippen molar-refractivity contribution in [1.29, 1.82) is 0 Å². The summed E-state index contributed by atoms with van der Waals surface area (Å²) >= 11 is 0. The van der Waals surface area contributed by atoms with Gasteiger partial charge in [-0.25, -0.2) is 0 Å². The van der Waals surface area contributed by atoms with Gasteiger partial charge in [-0.05, 0) is 117 Å². The van der Waals surface area contributed by atoms with Gasteiger partial charge in [0.1, 0.15) is 24.7 Å². The van der Waals surface area contributed by atoms with Crippen LogP contribution in [0.3, 0.4) is 0 Å². The van der Waals surface area contributed by atoms with E-state index in [0.29, 0.717) is 64.4 Å². The van der Waals surface area contributed by atoms with Crippen LogP contribution in [-0.2, 0) is 28.9 Å². The lowest BCUT2D eigenvalue weighted by atomic mass is 9.65. The van der Waals surface area contributed by atoms with Gasteiger partial charge >= 0.3 is 0 Å². The third-order valence-electron chi connectivity index (χ3n) is 13.3. The minimum absolute atomic E-state index is 0.0259. The fraction of sp³-hybridized carbons (Fsp3) is 0.213. The van der Waals surface area contributed by atoms with Crippen molar-refractivity contribution in [3.05, 3.63) is 222 Å². The molecule has 0 fully saturated rings. The predicted molar refractivity (Wildman–Crippen MR) is 286 cm³/mol. The van der Waals surface area contributed by atoms with Crippen molar-refractivity contribution in [3.63, 3.8) is 0 Å². The largest absolute Gasteiger partial charge is 0.491 e. The molecular formula is C61H58NO9P. The van der Waals surface area contributed by atoms with Gasteiger partial charge in [0.25, 0.3) is 0 Å². The Morgan fingerprint density at radius 3 is 1.40 bits per heavy atom. The second-order valence-electron chi connectivity index (χ2n) is 17.5. The second kappa shape index (κ2) is 22.7. The van der Waals surface area contributed by atoms with Crippen molar-refractivity contribution in [2.24, 2.45) is 0 Å². The fourth-order valence-electron chi connectivity index (χ4n) is 10.2. The Morgan fingerprint density at radius 2 is 0.889 bits per heavy atom. The average molecular weight is 980 g/mol. The molecule has 0 amide bonds. The number of nitrogens with zero attached hydrogens (tertiary/aromatic N) is 1. The van der Waals surface area contributed by atoms with E-state index in [2.05, 4.69) is 126 Å². The molecule has 10 rings (SSSR count). The molecule has 1 heterocycles. The number of ether oxygens (including phenoxy) is 6. The SMILES string of the molecule is O=P1(c2ccccc2)C2=C(c3cc4ccccc4cc31)C(c1ccc(OCCOCCOCCO)cc1)(c1ccc(OCCOCCOCCO)cc1)c1cc(N(c3ccccc3)c3ccccc3)ccc12. The van der Waals surface area contributed by atoms with Gasteiger partial charge in [0.2, 0.25) is 0 Å². The first kappa shape index (κ1) is 48.8. The Morgan fingerprint density at radius 1 is 0.431 bits per heavy atom. The summed E-state index contributed by atoms with van der Waals surface area (Å²) in [5.74, 6) is 1.38. The van der Waals surface area contributed by atoms with E-state index in [-0.39, 0.29) is 26.4 Å². The van der Waals surface area contributed by atoms with Crippen molar-refractivity contribution < 1.29 is 43.2 Å². The van der Waals surface area contributed by atoms with Crippen molar-refractivity contribution in [2.75, 3.05) is 84.2 Å². The maximum Gasteiger partial charge on any atom is 0.172 e. The van der Waals surface area contributed by atoms with Gasteiger partial charge in [0.05, 0.1) is 71.5 Å². The maximum atomic E-state index is 17.1. The van der Waals surface area contributed by atoms with E-state index < -0.39 is 12.6 Å². The first-order valence-corrected chi connectivity index (χ1v) is 26.3. The highest BCUT2D eigenvalue weighted by Gasteiger charge is 2.57. The zero-order valence-corrected chi connectivity index (χ0v) is 41.0. The van der Waals surface area contributed by atoms with Crippen molar-refractivity contribution in [1.82, 2.24) is 0 Å². The molecule has 1 unspecified atom stereocenters. The summed E-state index contributed by atoms with van der Waals surface area (Å²) in [6.07, 6.45) is 0. The van der Waals surface area contributed by atoms with Crippen LogP contribution in [0, 0.1) is 0 Å². The highest BCUT2D eigenvalue weighted by Crippen LogP contribution is 2.74. The number of rotatable bonds is 24. The molecule has 11 heteroatoms. The third-order valence-corrected chi connectivity index (χ3v) is 16.4. The zero-order chi connectivity index (χ0) is 49.2. The highest BCUT2D eigenvalue weighted by atomic mass is 31.2. The van der Waals surface area contributed by atoms with Gasteiger partial charge < -0.3 is 48.1 Å². The van der Waals surface area contributed by atoms with E-state index in [1.807, 2.05) is 72.8 Å². The maximum absolute atomic E-state index is 17.1. The molecule has 0 saturated heterocycles. The molecular weight excluding hydrogens is 922 g/mol. The molecule has 2 aliphatic rings. The molecule has 2 N–H and O–H groups in total. The number of aliphatic hydroxyl groups is 2. The average Bonchev–Trinajstić information content (AvgIpc) is 3.88. The summed E-state index contributed by atoms with van der Waals surface area (Å²) in [6, 6.07) is 66.9. The van der Waals surface area contributed by atoms with Gasteiger partial charge in [-0.1, -0.05) is 121 Å². The molecule has 0 spiro atoms. The van der Waals surface area contributed by atoms with Crippen molar-refractivity contribution in [2.45, 2.75) is 5.41 Å². The molecule has 72 heavy (non-hydrogen) atoms. The van der Waals surface area contributed by atoms with Crippen LogP contribution in [0.2, 0.25) is 0 Å². The number of hydrogen-bond donors (Lipinski definition) is 2. The molecule has 0 aromatic heterocycles. The molecule has 0 saturated carbocycles. The van der Waals surface area contributed by atoms with E-state index >= 15 is 4.57 Å². The van der Waals surface area contributed by atoms with Crippen LogP contribution in [0.4, 0.5) is 17.1 Å². The van der Waals surface area contributed by atoms with E-state index in [0.717, 1.165) is 77.1 Å². The highest BCUT2D eigenvalue weighted by molar-refractivity contribution is 7.88. The van der Waals surface area contributed by atoms with E-state index in [4.69, 9.17) is 38.6 Å².